The summed E-state index contributed by atoms with van der Waals surface area (Å²) < 4.78 is 43.3. The molecule has 2 rings (SSSR count). The molecule has 1 aliphatic heterocycles. The van der Waals surface area contributed by atoms with Crippen LogP contribution in [0.15, 0.2) is 23.2 Å². The number of alkyl halides is 3. The molecule has 1 atom stereocenters. The third-order valence-electron chi connectivity index (χ3n) is 4.69. The Morgan fingerprint density at radius 3 is 2.72 bits per heavy atom. The number of nitrogens with one attached hydrogen (secondary N) is 2. The summed E-state index contributed by atoms with van der Waals surface area (Å²) in [5.74, 6) is 1.68. The predicted molar refractivity (Wildman–Crippen MR) is 121 cm³/mol. The van der Waals surface area contributed by atoms with Crippen LogP contribution in [0, 0.1) is 12.8 Å². The molecule has 1 fully saturated rings. The Bertz CT molecular complexity index is 655. The maximum atomic E-state index is 12.5. The lowest BCUT2D eigenvalue weighted by molar-refractivity contribution is -0.143. The number of halogens is 4. The summed E-state index contributed by atoms with van der Waals surface area (Å²) in [6, 6.07) is 6.10. The van der Waals surface area contributed by atoms with Crippen LogP contribution >= 0.6 is 24.0 Å². The number of nitrogens with zero attached hydrogens (tertiary/aromatic N) is 2. The second-order valence-electron chi connectivity index (χ2n) is 7.27. The molecule has 0 spiro atoms. The van der Waals surface area contributed by atoms with Gasteiger partial charge in [0.15, 0.2) is 5.96 Å². The van der Waals surface area contributed by atoms with Crippen molar-refractivity contribution in [3.05, 3.63) is 29.3 Å². The maximum Gasteiger partial charge on any atom is 0.401 e. The lowest BCUT2D eigenvalue weighted by Crippen LogP contribution is -2.40. The first-order valence-electron chi connectivity index (χ1n) is 9.76. The molecule has 0 amide bonds. The van der Waals surface area contributed by atoms with Crippen molar-refractivity contribution in [3.63, 3.8) is 0 Å². The van der Waals surface area contributed by atoms with Gasteiger partial charge < -0.3 is 15.4 Å². The van der Waals surface area contributed by atoms with Crippen LogP contribution in [0.2, 0.25) is 0 Å². The van der Waals surface area contributed by atoms with E-state index in [4.69, 9.17) is 4.74 Å². The maximum absolute atomic E-state index is 12.5. The minimum Gasteiger partial charge on any atom is -0.493 e. The number of rotatable bonds is 8. The molecule has 0 radical (unpaired) electrons. The van der Waals surface area contributed by atoms with Gasteiger partial charge in [0.2, 0.25) is 0 Å². The molecule has 5 nitrogen and oxygen atoms in total. The molecule has 0 aromatic heterocycles. The van der Waals surface area contributed by atoms with Gasteiger partial charge in [-0.15, -0.1) is 24.0 Å². The van der Waals surface area contributed by atoms with Crippen LogP contribution < -0.4 is 15.4 Å². The molecular weight excluding hydrogens is 496 g/mol. The van der Waals surface area contributed by atoms with Crippen LogP contribution in [0.4, 0.5) is 13.2 Å². The molecule has 1 heterocycles. The third-order valence-corrected chi connectivity index (χ3v) is 4.69. The van der Waals surface area contributed by atoms with E-state index in [9.17, 15) is 13.2 Å². The summed E-state index contributed by atoms with van der Waals surface area (Å²) in [5.41, 5.74) is 2.18. The van der Waals surface area contributed by atoms with Crippen LogP contribution in [0.25, 0.3) is 0 Å². The first-order chi connectivity index (χ1) is 13.3. The van der Waals surface area contributed by atoms with E-state index in [1.807, 2.05) is 25.1 Å². The molecule has 166 valence electrons. The molecule has 1 unspecified atom stereocenters. The zero-order chi connectivity index (χ0) is 20.6. The summed E-state index contributed by atoms with van der Waals surface area (Å²) >= 11 is 0. The Kier molecular flexibility index (Phi) is 11.1. The highest BCUT2D eigenvalue weighted by atomic mass is 127. The van der Waals surface area contributed by atoms with Gasteiger partial charge in [-0.25, -0.2) is 0 Å². The number of hydrogen-bond donors (Lipinski definition) is 2. The van der Waals surface area contributed by atoms with E-state index in [2.05, 4.69) is 22.5 Å². The quantitative estimate of drug-likeness (QED) is 0.305. The highest BCUT2D eigenvalue weighted by Gasteiger charge is 2.34. The SMILES string of the molecule is CCCOc1cc(C)ccc1CNC(=NC)NCC1CCN(CC(F)(F)F)C1.I. The Hall–Kier alpha value is -1.23. The second kappa shape index (κ2) is 12.5. The van der Waals surface area contributed by atoms with Gasteiger partial charge >= 0.3 is 6.18 Å². The van der Waals surface area contributed by atoms with Crippen molar-refractivity contribution in [2.45, 2.75) is 39.4 Å². The normalized spacial score (nSPS) is 17.7. The third kappa shape index (κ3) is 9.41. The summed E-state index contributed by atoms with van der Waals surface area (Å²) in [4.78, 5) is 5.68. The number of likely N-dealkylation sites (tertiary alicyclic amines) is 1. The standard InChI is InChI=1S/C20H31F3N4O.HI/c1-4-9-28-18-10-15(2)5-6-17(18)12-26-19(24-3)25-11-16-7-8-27(13-16)14-20(21,22)23;/h5-6,10,16H,4,7-9,11-14H2,1-3H3,(H2,24,25,26);1H. The minimum absolute atomic E-state index is 0. The Labute approximate surface area is 188 Å². The number of hydrogen-bond acceptors (Lipinski definition) is 3. The molecule has 0 bridgehead atoms. The van der Waals surface area contributed by atoms with Gasteiger partial charge in [0, 0.05) is 32.2 Å². The fraction of sp³-hybridized carbons (Fsp3) is 0.650. The van der Waals surface area contributed by atoms with Gasteiger partial charge in [-0.05, 0) is 43.9 Å². The van der Waals surface area contributed by atoms with Crippen molar-refractivity contribution in [1.82, 2.24) is 15.5 Å². The summed E-state index contributed by atoms with van der Waals surface area (Å²) in [6.07, 6.45) is -2.44. The number of benzene rings is 1. The van der Waals surface area contributed by atoms with Crippen LogP contribution in [0.1, 0.15) is 30.9 Å². The van der Waals surface area contributed by atoms with Crippen LogP contribution in [0.3, 0.4) is 0 Å². The average Bonchev–Trinajstić information content (AvgIpc) is 3.06. The van der Waals surface area contributed by atoms with Crippen molar-refractivity contribution in [3.8, 4) is 5.75 Å². The first kappa shape index (κ1) is 25.8. The van der Waals surface area contributed by atoms with E-state index in [1.165, 1.54) is 4.90 Å². The van der Waals surface area contributed by atoms with Crippen molar-refractivity contribution in [2.24, 2.45) is 10.9 Å². The van der Waals surface area contributed by atoms with Gasteiger partial charge in [-0.1, -0.05) is 19.1 Å². The first-order valence-corrected chi connectivity index (χ1v) is 9.76. The Balaban J connectivity index is 0.00000420. The smallest absolute Gasteiger partial charge is 0.401 e. The summed E-state index contributed by atoms with van der Waals surface area (Å²) in [6.45, 7) is 6.03. The minimum atomic E-state index is -4.13. The predicted octanol–water partition coefficient (Wildman–Crippen LogP) is 3.95. The van der Waals surface area contributed by atoms with Gasteiger partial charge in [0.05, 0.1) is 13.2 Å². The average molecular weight is 528 g/mol. The molecule has 0 saturated carbocycles. The molecule has 1 aromatic carbocycles. The van der Waals surface area contributed by atoms with E-state index in [1.54, 1.807) is 7.05 Å². The number of ether oxygens (including phenoxy) is 1. The molecule has 29 heavy (non-hydrogen) atoms. The monoisotopic (exact) mass is 528 g/mol. The molecule has 1 aliphatic rings. The number of guanidine groups is 1. The molecule has 9 heteroatoms. The van der Waals surface area contributed by atoms with E-state index in [-0.39, 0.29) is 29.9 Å². The zero-order valence-corrected chi connectivity index (χ0v) is 19.6. The van der Waals surface area contributed by atoms with Gasteiger partial charge in [-0.3, -0.25) is 9.89 Å². The van der Waals surface area contributed by atoms with Crippen LogP contribution in [-0.2, 0) is 6.54 Å². The van der Waals surface area contributed by atoms with Crippen molar-refractivity contribution in [2.75, 3.05) is 39.8 Å². The zero-order valence-electron chi connectivity index (χ0n) is 17.3. The molecule has 2 N–H and O–H groups in total. The molecule has 1 aromatic rings. The van der Waals surface area contributed by atoms with E-state index in [0.29, 0.717) is 38.7 Å². The highest BCUT2D eigenvalue weighted by molar-refractivity contribution is 14.0. The number of aliphatic imine (C=N–C) groups is 1. The lowest BCUT2D eigenvalue weighted by Gasteiger charge is -2.19. The lowest BCUT2D eigenvalue weighted by atomic mass is 10.1. The van der Waals surface area contributed by atoms with Crippen LogP contribution in [0.5, 0.6) is 5.75 Å². The number of aryl methyl sites for hydroxylation is 1. The van der Waals surface area contributed by atoms with Crippen molar-refractivity contribution >= 4 is 29.9 Å². The topological polar surface area (TPSA) is 48.9 Å². The van der Waals surface area contributed by atoms with E-state index < -0.39 is 12.7 Å². The van der Waals surface area contributed by atoms with E-state index >= 15 is 0 Å². The van der Waals surface area contributed by atoms with Crippen molar-refractivity contribution < 1.29 is 17.9 Å². The molecular formula is C20H32F3IN4O. The van der Waals surface area contributed by atoms with Crippen molar-refractivity contribution in [1.29, 1.82) is 0 Å². The largest absolute Gasteiger partial charge is 0.493 e. The van der Waals surface area contributed by atoms with Gasteiger partial charge in [0.25, 0.3) is 0 Å². The second-order valence-corrected chi connectivity index (χ2v) is 7.27. The molecule has 0 aliphatic carbocycles. The van der Waals surface area contributed by atoms with Gasteiger partial charge in [-0.2, -0.15) is 13.2 Å². The Morgan fingerprint density at radius 2 is 2.07 bits per heavy atom. The Morgan fingerprint density at radius 1 is 1.31 bits per heavy atom. The summed E-state index contributed by atoms with van der Waals surface area (Å²) in [5, 5.41) is 6.49. The fourth-order valence-corrected chi connectivity index (χ4v) is 3.27. The van der Waals surface area contributed by atoms with E-state index in [0.717, 1.165) is 29.7 Å². The fourth-order valence-electron chi connectivity index (χ4n) is 3.27. The highest BCUT2D eigenvalue weighted by Crippen LogP contribution is 2.23. The van der Waals surface area contributed by atoms with Crippen LogP contribution in [-0.4, -0.2) is 56.9 Å². The van der Waals surface area contributed by atoms with Gasteiger partial charge in [0.1, 0.15) is 5.75 Å². The summed E-state index contributed by atoms with van der Waals surface area (Å²) in [7, 11) is 1.68. The molecule has 1 saturated heterocycles.